The van der Waals surface area contributed by atoms with Crippen molar-refractivity contribution in [2.24, 2.45) is 10.7 Å². The molecule has 0 spiro atoms. The first-order valence-corrected chi connectivity index (χ1v) is 8.02. The van der Waals surface area contributed by atoms with Gasteiger partial charge in [0.2, 0.25) is 0 Å². The lowest BCUT2D eigenvalue weighted by Crippen LogP contribution is -2.43. The van der Waals surface area contributed by atoms with Crippen LogP contribution in [0.15, 0.2) is 29.3 Å². The van der Waals surface area contributed by atoms with Crippen molar-refractivity contribution < 1.29 is 4.74 Å². The van der Waals surface area contributed by atoms with Crippen LogP contribution in [0.1, 0.15) is 50.1 Å². The molecule has 1 aliphatic carbocycles. The molecule has 0 bridgehead atoms. The van der Waals surface area contributed by atoms with Crippen molar-refractivity contribution >= 4 is 5.96 Å². The molecule has 1 aliphatic heterocycles. The van der Waals surface area contributed by atoms with Gasteiger partial charge in [0.05, 0.1) is 19.7 Å². The van der Waals surface area contributed by atoms with E-state index in [0.717, 1.165) is 18.3 Å². The SMILES string of the molecule is COc1ccc(C2CN=C(N)N2C2CCCCCC2)cc1. The second kappa shape index (κ2) is 6.37. The summed E-state index contributed by atoms with van der Waals surface area (Å²) < 4.78 is 5.25. The van der Waals surface area contributed by atoms with Crippen molar-refractivity contribution in [2.45, 2.75) is 50.6 Å². The summed E-state index contributed by atoms with van der Waals surface area (Å²) in [7, 11) is 1.70. The van der Waals surface area contributed by atoms with Crippen molar-refractivity contribution in [3.05, 3.63) is 29.8 Å². The molecule has 1 aromatic rings. The van der Waals surface area contributed by atoms with Crippen LogP contribution in [0.3, 0.4) is 0 Å². The number of aliphatic imine (C=N–C) groups is 1. The average molecular weight is 287 g/mol. The summed E-state index contributed by atoms with van der Waals surface area (Å²) in [6.07, 6.45) is 7.81. The van der Waals surface area contributed by atoms with Crippen molar-refractivity contribution in [3.8, 4) is 5.75 Å². The normalized spacial score (nSPS) is 23.8. The first kappa shape index (κ1) is 14.2. The molecule has 0 saturated heterocycles. The highest BCUT2D eigenvalue weighted by Gasteiger charge is 2.33. The second-order valence-electron chi connectivity index (χ2n) is 6.04. The van der Waals surface area contributed by atoms with Gasteiger partial charge in [-0.2, -0.15) is 0 Å². The molecule has 1 fully saturated rings. The smallest absolute Gasteiger partial charge is 0.192 e. The molecule has 3 rings (SSSR count). The van der Waals surface area contributed by atoms with E-state index in [9.17, 15) is 0 Å². The third kappa shape index (κ3) is 2.99. The lowest BCUT2D eigenvalue weighted by atomic mass is 10.0. The number of guanidine groups is 1. The Hall–Kier alpha value is -1.71. The Labute approximate surface area is 127 Å². The van der Waals surface area contributed by atoms with Crippen LogP contribution in [-0.2, 0) is 0 Å². The van der Waals surface area contributed by atoms with E-state index in [1.54, 1.807) is 7.11 Å². The molecular weight excluding hydrogens is 262 g/mol. The molecule has 2 aliphatic rings. The third-order valence-corrected chi connectivity index (χ3v) is 4.75. The van der Waals surface area contributed by atoms with Crippen LogP contribution in [-0.4, -0.2) is 30.6 Å². The summed E-state index contributed by atoms with van der Waals surface area (Å²) in [5, 5.41) is 0. The lowest BCUT2D eigenvalue weighted by Gasteiger charge is -2.34. The Balaban J connectivity index is 1.80. The van der Waals surface area contributed by atoms with Gasteiger partial charge >= 0.3 is 0 Å². The van der Waals surface area contributed by atoms with Crippen LogP contribution in [0.25, 0.3) is 0 Å². The zero-order valence-electron chi connectivity index (χ0n) is 12.8. The molecule has 2 N–H and O–H groups in total. The van der Waals surface area contributed by atoms with Gasteiger partial charge in [0.25, 0.3) is 0 Å². The van der Waals surface area contributed by atoms with Crippen molar-refractivity contribution in [2.75, 3.05) is 13.7 Å². The van der Waals surface area contributed by atoms with Gasteiger partial charge in [0.15, 0.2) is 5.96 Å². The Bertz CT molecular complexity index is 489. The van der Waals surface area contributed by atoms with Gasteiger partial charge in [-0.25, -0.2) is 0 Å². The summed E-state index contributed by atoms with van der Waals surface area (Å²) in [6.45, 7) is 0.772. The molecule has 1 unspecified atom stereocenters. The van der Waals surface area contributed by atoms with E-state index in [1.807, 2.05) is 12.1 Å². The lowest BCUT2D eigenvalue weighted by molar-refractivity contribution is 0.237. The third-order valence-electron chi connectivity index (χ3n) is 4.75. The standard InChI is InChI=1S/C17H25N3O/c1-21-15-10-8-13(9-11-15)16-12-19-17(18)20(16)14-6-4-2-3-5-7-14/h8-11,14,16H,2-7,12H2,1H3,(H2,18,19). The van der Waals surface area contributed by atoms with E-state index in [1.165, 1.54) is 44.1 Å². The minimum absolute atomic E-state index is 0.291. The summed E-state index contributed by atoms with van der Waals surface area (Å²) >= 11 is 0. The number of rotatable bonds is 3. The molecule has 114 valence electrons. The summed E-state index contributed by atoms with van der Waals surface area (Å²) in [6, 6.07) is 9.16. The second-order valence-corrected chi connectivity index (χ2v) is 6.04. The number of nitrogens with zero attached hydrogens (tertiary/aromatic N) is 2. The molecular formula is C17H25N3O. The summed E-state index contributed by atoms with van der Waals surface area (Å²) in [4.78, 5) is 6.88. The zero-order chi connectivity index (χ0) is 14.7. The van der Waals surface area contributed by atoms with Gasteiger partial charge in [-0.3, -0.25) is 4.99 Å². The van der Waals surface area contributed by atoms with Crippen LogP contribution in [0.4, 0.5) is 0 Å². The maximum absolute atomic E-state index is 6.20. The Morgan fingerprint density at radius 3 is 2.38 bits per heavy atom. The van der Waals surface area contributed by atoms with Gasteiger partial charge in [-0.15, -0.1) is 0 Å². The molecule has 21 heavy (non-hydrogen) atoms. The molecule has 0 aromatic heterocycles. The average Bonchev–Trinajstić information content (AvgIpc) is 2.74. The van der Waals surface area contributed by atoms with Crippen LogP contribution in [0, 0.1) is 0 Å². The molecule has 0 amide bonds. The summed E-state index contributed by atoms with van der Waals surface area (Å²) in [5.74, 6) is 1.62. The van der Waals surface area contributed by atoms with Gasteiger partial charge in [-0.05, 0) is 30.5 Å². The topological polar surface area (TPSA) is 50.9 Å². The fraction of sp³-hybridized carbons (Fsp3) is 0.588. The molecule has 4 heteroatoms. The van der Waals surface area contributed by atoms with E-state index >= 15 is 0 Å². The van der Waals surface area contributed by atoms with Crippen molar-refractivity contribution in [3.63, 3.8) is 0 Å². The van der Waals surface area contributed by atoms with E-state index in [4.69, 9.17) is 10.5 Å². The van der Waals surface area contributed by atoms with Crippen molar-refractivity contribution in [1.29, 1.82) is 0 Å². The molecule has 1 saturated carbocycles. The Kier molecular flexibility index (Phi) is 4.32. The molecule has 1 atom stereocenters. The van der Waals surface area contributed by atoms with E-state index in [0.29, 0.717) is 12.1 Å². The fourth-order valence-corrected chi connectivity index (χ4v) is 3.58. The predicted octanol–water partition coefficient (Wildman–Crippen LogP) is 3.09. The summed E-state index contributed by atoms with van der Waals surface area (Å²) in [5.41, 5.74) is 7.48. The maximum Gasteiger partial charge on any atom is 0.192 e. The minimum atomic E-state index is 0.291. The Morgan fingerprint density at radius 1 is 1.10 bits per heavy atom. The molecule has 0 radical (unpaired) electrons. The molecule has 1 aromatic carbocycles. The number of benzene rings is 1. The number of nitrogens with two attached hydrogens (primary N) is 1. The first-order chi connectivity index (χ1) is 10.3. The quantitative estimate of drug-likeness (QED) is 0.869. The number of hydrogen-bond acceptors (Lipinski definition) is 4. The monoisotopic (exact) mass is 287 g/mol. The van der Waals surface area contributed by atoms with Gasteiger partial charge in [0.1, 0.15) is 5.75 Å². The fourth-order valence-electron chi connectivity index (χ4n) is 3.58. The van der Waals surface area contributed by atoms with E-state index in [2.05, 4.69) is 22.0 Å². The number of hydrogen-bond donors (Lipinski definition) is 1. The Morgan fingerprint density at radius 2 is 1.76 bits per heavy atom. The van der Waals surface area contributed by atoms with Gasteiger partial charge in [0, 0.05) is 6.04 Å². The maximum atomic E-state index is 6.20. The largest absolute Gasteiger partial charge is 0.497 e. The molecule has 1 heterocycles. The van der Waals surface area contributed by atoms with Gasteiger partial charge < -0.3 is 15.4 Å². The first-order valence-electron chi connectivity index (χ1n) is 8.02. The highest BCUT2D eigenvalue weighted by atomic mass is 16.5. The highest BCUT2D eigenvalue weighted by molar-refractivity contribution is 5.80. The van der Waals surface area contributed by atoms with Gasteiger partial charge in [-0.1, -0.05) is 37.8 Å². The van der Waals surface area contributed by atoms with E-state index in [-0.39, 0.29) is 0 Å². The predicted molar refractivity (Wildman–Crippen MR) is 85.6 cm³/mol. The number of ether oxygens (including phenoxy) is 1. The van der Waals surface area contributed by atoms with Crippen LogP contribution in [0.5, 0.6) is 5.75 Å². The minimum Gasteiger partial charge on any atom is -0.497 e. The van der Waals surface area contributed by atoms with Crippen LogP contribution < -0.4 is 10.5 Å². The van der Waals surface area contributed by atoms with Crippen molar-refractivity contribution in [1.82, 2.24) is 4.90 Å². The number of methoxy groups -OCH3 is 1. The highest BCUT2D eigenvalue weighted by Crippen LogP contribution is 2.33. The van der Waals surface area contributed by atoms with Crippen LogP contribution >= 0.6 is 0 Å². The molecule has 4 nitrogen and oxygen atoms in total. The zero-order valence-corrected chi connectivity index (χ0v) is 12.8. The van der Waals surface area contributed by atoms with Crippen LogP contribution in [0.2, 0.25) is 0 Å². The van der Waals surface area contributed by atoms with E-state index < -0.39 is 0 Å².